The van der Waals surface area contributed by atoms with Crippen molar-refractivity contribution >= 4 is 15.9 Å². The molecule has 0 fully saturated rings. The Balaban J connectivity index is 2.15. The molecule has 4 nitrogen and oxygen atoms in total. The molecule has 2 rings (SSSR count). The number of nitrogens with zero attached hydrogens (tertiary/aromatic N) is 3. The number of hydrogen-bond donors (Lipinski definition) is 1. The predicted molar refractivity (Wildman–Crippen MR) is 50.8 cm³/mol. The van der Waals surface area contributed by atoms with Crippen molar-refractivity contribution in [3.8, 4) is 0 Å². The predicted octanol–water partition coefficient (Wildman–Crippen LogP) is 1.56. The Labute approximate surface area is 83.5 Å². The number of rotatable bonds is 2. The van der Waals surface area contributed by atoms with Gasteiger partial charge in [0.2, 0.25) is 0 Å². The van der Waals surface area contributed by atoms with Gasteiger partial charge in [-0.25, -0.2) is 5.10 Å². The number of H-pyrrole nitrogens is 1. The molecular weight excluding hydrogens is 232 g/mol. The van der Waals surface area contributed by atoms with E-state index < -0.39 is 0 Å². The zero-order chi connectivity index (χ0) is 9.10. The van der Waals surface area contributed by atoms with Crippen LogP contribution in [0.1, 0.15) is 11.4 Å². The molecule has 0 spiro atoms. The van der Waals surface area contributed by atoms with Gasteiger partial charge in [0, 0.05) is 4.47 Å². The molecule has 0 aliphatic carbocycles. The Kier molecular flexibility index (Phi) is 2.35. The Morgan fingerprint density at radius 3 is 2.62 bits per heavy atom. The second-order valence-electron chi connectivity index (χ2n) is 2.48. The van der Waals surface area contributed by atoms with Crippen LogP contribution >= 0.6 is 15.9 Å². The van der Waals surface area contributed by atoms with Crippen molar-refractivity contribution in [3.05, 3.63) is 46.5 Å². The quantitative estimate of drug-likeness (QED) is 0.863. The van der Waals surface area contributed by atoms with Crippen LogP contribution in [0.15, 0.2) is 28.7 Å². The summed E-state index contributed by atoms with van der Waals surface area (Å²) in [6.07, 6.45) is 1.87. The highest BCUT2D eigenvalue weighted by Crippen LogP contribution is 2.13. The molecule has 0 saturated heterocycles. The minimum atomic E-state index is 0.655. The summed E-state index contributed by atoms with van der Waals surface area (Å²) in [5.41, 5.74) is 1.06. The van der Waals surface area contributed by atoms with Crippen LogP contribution in [0, 0.1) is 6.42 Å². The molecule has 13 heavy (non-hydrogen) atoms. The molecule has 5 heteroatoms. The van der Waals surface area contributed by atoms with Gasteiger partial charge < -0.3 is 0 Å². The van der Waals surface area contributed by atoms with Gasteiger partial charge in [-0.05, 0) is 28.1 Å². The fourth-order valence-electron chi connectivity index (χ4n) is 0.945. The third-order valence-corrected chi connectivity index (χ3v) is 2.06. The molecule has 65 valence electrons. The summed E-state index contributed by atoms with van der Waals surface area (Å²) < 4.78 is 1.06. The third-order valence-electron chi connectivity index (χ3n) is 1.54. The van der Waals surface area contributed by atoms with Crippen LogP contribution in [0.4, 0.5) is 0 Å². The van der Waals surface area contributed by atoms with Crippen molar-refractivity contribution in [1.29, 1.82) is 0 Å². The first-order valence-corrected chi connectivity index (χ1v) is 4.48. The van der Waals surface area contributed by atoms with Gasteiger partial charge in [0.1, 0.15) is 0 Å². The van der Waals surface area contributed by atoms with Gasteiger partial charge in [-0.15, -0.1) is 5.10 Å². The molecule has 0 atom stereocenters. The van der Waals surface area contributed by atoms with Crippen LogP contribution in [0.25, 0.3) is 0 Å². The lowest BCUT2D eigenvalue weighted by molar-refractivity contribution is 0.881. The van der Waals surface area contributed by atoms with Crippen molar-refractivity contribution in [3.63, 3.8) is 0 Å². The van der Waals surface area contributed by atoms with Crippen LogP contribution in [0.5, 0.6) is 0 Å². The van der Waals surface area contributed by atoms with Crippen molar-refractivity contribution in [2.45, 2.75) is 0 Å². The summed E-state index contributed by atoms with van der Waals surface area (Å²) in [4.78, 5) is 0. The van der Waals surface area contributed by atoms with Crippen LogP contribution in [0.3, 0.4) is 0 Å². The van der Waals surface area contributed by atoms with Gasteiger partial charge in [0.25, 0.3) is 0 Å². The maximum Gasteiger partial charge on any atom is 0.157 e. The maximum absolute atomic E-state index is 3.75. The highest BCUT2D eigenvalue weighted by atomic mass is 79.9. The summed E-state index contributed by atoms with van der Waals surface area (Å²) >= 11 is 3.36. The summed E-state index contributed by atoms with van der Waals surface area (Å²) in [5, 5.41) is 13.4. The monoisotopic (exact) mass is 237 g/mol. The van der Waals surface area contributed by atoms with Crippen molar-refractivity contribution in [2.75, 3.05) is 0 Å². The highest BCUT2D eigenvalue weighted by molar-refractivity contribution is 9.10. The zero-order valence-electron chi connectivity index (χ0n) is 6.61. The van der Waals surface area contributed by atoms with E-state index in [-0.39, 0.29) is 0 Å². The number of aromatic amines is 1. The van der Waals surface area contributed by atoms with Gasteiger partial charge in [-0.3, -0.25) is 0 Å². The summed E-state index contributed by atoms with van der Waals surface area (Å²) in [6.45, 7) is 0. The van der Waals surface area contributed by atoms with E-state index in [0.29, 0.717) is 5.82 Å². The number of aromatic nitrogens is 4. The van der Waals surface area contributed by atoms with Crippen molar-refractivity contribution < 1.29 is 0 Å². The molecule has 1 heterocycles. The van der Waals surface area contributed by atoms with E-state index in [1.165, 1.54) is 0 Å². The normalized spacial score (nSPS) is 10.2. The Morgan fingerprint density at radius 2 is 2.00 bits per heavy atom. The summed E-state index contributed by atoms with van der Waals surface area (Å²) in [7, 11) is 0. The minimum absolute atomic E-state index is 0.655. The minimum Gasteiger partial charge on any atom is -0.242 e. The van der Waals surface area contributed by atoms with Gasteiger partial charge in [-0.2, -0.15) is 0 Å². The van der Waals surface area contributed by atoms with Gasteiger partial charge in [-0.1, -0.05) is 28.1 Å². The largest absolute Gasteiger partial charge is 0.242 e. The Morgan fingerprint density at radius 1 is 1.23 bits per heavy atom. The Hall–Kier alpha value is -1.23. The maximum atomic E-state index is 3.75. The number of nitrogens with one attached hydrogen (secondary N) is 1. The van der Waals surface area contributed by atoms with E-state index in [1.807, 2.05) is 30.7 Å². The van der Waals surface area contributed by atoms with Crippen molar-refractivity contribution in [1.82, 2.24) is 20.6 Å². The molecule has 0 saturated carbocycles. The average molecular weight is 238 g/mol. The first-order valence-electron chi connectivity index (χ1n) is 3.68. The Bertz CT molecular complexity index is 368. The van der Waals surface area contributed by atoms with Gasteiger partial charge in [0.05, 0.1) is 6.42 Å². The summed E-state index contributed by atoms with van der Waals surface area (Å²) in [5.74, 6) is 0.655. The molecule has 1 aromatic heterocycles. The smallest absolute Gasteiger partial charge is 0.157 e. The van der Waals surface area contributed by atoms with E-state index in [1.54, 1.807) is 0 Å². The topological polar surface area (TPSA) is 54.5 Å². The average Bonchev–Trinajstić information content (AvgIpc) is 2.62. The molecule has 1 N–H and O–H groups in total. The van der Waals surface area contributed by atoms with Crippen LogP contribution in [-0.4, -0.2) is 20.6 Å². The molecule has 1 radical (unpaired) electrons. The molecular formula is C8H6BrN4. The van der Waals surface area contributed by atoms with Gasteiger partial charge in [0.15, 0.2) is 5.82 Å². The molecule has 0 amide bonds. The van der Waals surface area contributed by atoms with Crippen molar-refractivity contribution in [2.24, 2.45) is 0 Å². The van der Waals surface area contributed by atoms with E-state index >= 15 is 0 Å². The number of hydrogen-bond acceptors (Lipinski definition) is 3. The standard InChI is InChI=1S/C8H6BrN4/c9-7-3-1-6(2-4-7)5-8-10-12-13-11-8/h1-5H,(H,10,11,12,13). The van der Waals surface area contributed by atoms with E-state index in [4.69, 9.17) is 0 Å². The lowest BCUT2D eigenvalue weighted by atomic mass is 10.1. The lowest BCUT2D eigenvalue weighted by Gasteiger charge is -1.95. The van der Waals surface area contributed by atoms with Crippen LogP contribution in [-0.2, 0) is 0 Å². The fraction of sp³-hybridized carbons (Fsp3) is 0. The molecule has 0 aliphatic rings. The second-order valence-corrected chi connectivity index (χ2v) is 3.40. The number of benzene rings is 1. The molecule has 0 unspecified atom stereocenters. The molecule has 2 aromatic rings. The SMILES string of the molecule is Brc1ccc([CH]c2nnn[nH]2)cc1. The first kappa shape index (κ1) is 8.37. The highest BCUT2D eigenvalue weighted by Gasteiger charge is 1.99. The number of halogens is 1. The number of tetrazole rings is 1. The van der Waals surface area contributed by atoms with Gasteiger partial charge >= 0.3 is 0 Å². The second kappa shape index (κ2) is 3.66. The molecule has 1 aromatic carbocycles. The third kappa shape index (κ3) is 2.12. The summed E-state index contributed by atoms with van der Waals surface area (Å²) in [6, 6.07) is 7.89. The fourth-order valence-corrected chi connectivity index (χ4v) is 1.21. The van der Waals surface area contributed by atoms with Crippen LogP contribution in [0.2, 0.25) is 0 Å². The van der Waals surface area contributed by atoms with E-state index in [2.05, 4.69) is 36.6 Å². The van der Waals surface area contributed by atoms with E-state index in [0.717, 1.165) is 10.0 Å². The molecule has 0 bridgehead atoms. The lowest BCUT2D eigenvalue weighted by Crippen LogP contribution is -1.87. The first-order chi connectivity index (χ1) is 6.34. The van der Waals surface area contributed by atoms with E-state index in [9.17, 15) is 0 Å². The molecule has 0 aliphatic heterocycles. The van der Waals surface area contributed by atoms with Crippen LogP contribution < -0.4 is 0 Å². The zero-order valence-corrected chi connectivity index (χ0v) is 8.19.